The summed E-state index contributed by atoms with van der Waals surface area (Å²) in [5.74, 6) is 1.49. The maximum Gasteiger partial charge on any atom is 0.270 e. The van der Waals surface area contributed by atoms with Gasteiger partial charge in [-0.15, -0.1) is 0 Å². The third-order valence-electron chi connectivity index (χ3n) is 5.46. The van der Waals surface area contributed by atoms with E-state index in [-0.39, 0.29) is 5.91 Å². The number of piperidine rings is 1. The van der Waals surface area contributed by atoms with Crippen LogP contribution in [0.1, 0.15) is 29.2 Å². The molecule has 1 amide bonds. The third-order valence-corrected chi connectivity index (χ3v) is 6.25. The lowest BCUT2D eigenvalue weighted by atomic mass is 9.92. The summed E-state index contributed by atoms with van der Waals surface area (Å²) in [5, 5.41) is 0.985. The van der Waals surface area contributed by atoms with Gasteiger partial charge in [-0.25, -0.2) is 4.98 Å². The van der Waals surface area contributed by atoms with Crippen LogP contribution in [0.5, 0.6) is 0 Å². The number of anilines is 1. The van der Waals surface area contributed by atoms with Crippen molar-refractivity contribution in [3.05, 3.63) is 29.8 Å². The standard InChI is InChI=1S/C18H25N5O2S/c1-21-8-4-6-14(21)17(24)22-11-13-5-3-9-23(15(13)12-22)18-19-16(20-26-18)7-10-25-2/h4,6,8,13,15H,3,5,7,9-12H2,1-2H3/t13-,15+/m0/s1. The number of ether oxygens (including phenoxy) is 1. The number of hydrogen-bond donors (Lipinski definition) is 0. The number of rotatable bonds is 5. The van der Waals surface area contributed by atoms with Gasteiger partial charge in [-0.05, 0) is 30.9 Å². The molecule has 4 heterocycles. The van der Waals surface area contributed by atoms with Crippen molar-refractivity contribution in [3.8, 4) is 0 Å². The molecule has 2 saturated heterocycles. The summed E-state index contributed by atoms with van der Waals surface area (Å²) in [5.41, 5.74) is 0.757. The highest BCUT2D eigenvalue weighted by molar-refractivity contribution is 7.09. The molecule has 2 aliphatic heterocycles. The van der Waals surface area contributed by atoms with E-state index in [1.54, 1.807) is 7.11 Å². The van der Waals surface area contributed by atoms with E-state index in [2.05, 4.69) is 9.27 Å². The Hall–Kier alpha value is -1.93. The maximum atomic E-state index is 12.9. The predicted octanol–water partition coefficient (Wildman–Crippen LogP) is 1.81. The topological polar surface area (TPSA) is 63.5 Å². The summed E-state index contributed by atoms with van der Waals surface area (Å²) >= 11 is 1.47. The first-order valence-corrected chi connectivity index (χ1v) is 9.93. The van der Waals surface area contributed by atoms with Gasteiger partial charge in [0.1, 0.15) is 11.5 Å². The Morgan fingerprint density at radius 2 is 2.31 bits per heavy atom. The summed E-state index contributed by atoms with van der Waals surface area (Å²) in [4.78, 5) is 22.0. The molecule has 2 aromatic rings. The highest BCUT2D eigenvalue weighted by Crippen LogP contribution is 2.35. The van der Waals surface area contributed by atoms with Gasteiger partial charge in [-0.2, -0.15) is 4.37 Å². The summed E-state index contributed by atoms with van der Waals surface area (Å²) in [6.45, 7) is 3.23. The van der Waals surface area contributed by atoms with E-state index in [0.717, 1.165) is 49.1 Å². The summed E-state index contributed by atoms with van der Waals surface area (Å²) in [7, 11) is 3.62. The fourth-order valence-electron chi connectivity index (χ4n) is 4.09. The monoisotopic (exact) mass is 375 g/mol. The van der Waals surface area contributed by atoms with Gasteiger partial charge >= 0.3 is 0 Å². The number of hydrogen-bond acceptors (Lipinski definition) is 6. The van der Waals surface area contributed by atoms with Crippen molar-refractivity contribution in [2.45, 2.75) is 25.3 Å². The van der Waals surface area contributed by atoms with E-state index in [4.69, 9.17) is 9.72 Å². The van der Waals surface area contributed by atoms with Gasteiger partial charge in [-0.3, -0.25) is 4.79 Å². The fourth-order valence-corrected chi connectivity index (χ4v) is 4.88. The van der Waals surface area contributed by atoms with E-state index in [0.29, 0.717) is 18.6 Å². The molecule has 8 heteroatoms. The Labute approximate surface area is 157 Å². The molecule has 140 valence electrons. The minimum absolute atomic E-state index is 0.130. The molecule has 0 spiro atoms. The quantitative estimate of drug-likeness (QED) is 0.797. The molecule has 0 aliphatic carbocycles. The maximum absolute atomic E-state index is 12.9. The average molecular weight is 375 g/mol. The average Bonchev–Trinajstić information content (AvgIpc) is 3.37. The number of fused-ring (bicyclic) bond motifs is 1. The molecule has 2 aromatic heterocycles. The van der Waals surface area contributed by atoms with E-state index in [1.807, 2.05) is 34.8 Å². The summed E-state index contributed by atoms with van der Waals surface area (Å²) in [6.07, 6.45) is 4.98. The third kappa shape index (κ3) is 3.23. The molecular formula is C18H25N5O2S. The molecular weight excluding hydrogens is 350 g/mol. The number of aromatic nitrogens is 3. The van der Waals surface area contributed by atoms with Crippen LogP contribution in [-0.4, -0.2) is 64.1 Å². The Kier molecular flexibility index (Phi) is 4.95. The van der Waals surface area contributed by atoms with Crippen LogP contribution in [0.2, 0.25) is 0 Å². The fraction of sp³-hybridized carbons (Fsp3) is 0.611. The molecule has 7 nitrogen and oxygen atoms in total. The Morgan fingerprint density at radius 3 is 3.08 bits per heavy atom. The van der Waals surface area contributed by atoms with Gasteiger partial charge in [-0.1, -0.05) is 0 Å². The van der Waals surface area contributed by atoms with Crippen LogP contribution in [-0.2, 0) is 18.2 Å². The number of amides is 1. The summed E-state index contributed by atoms with van der Waals surface area (Å²) in [6, 6.07) is 4.16. The Bertz CT molecular complexity index is 773. The largest absolute Gasteiger partial charge is 0.384 e. The SMILES string of the molecule is COCCc1nsc(N2CCC[C@H]3CN(C(=O)c4cccn4C)C[C@H]32)n1. The summed E-state index contributed by atoms with van der Waals surface area (Å²) < 4.78 is 11.5. The van der Waals surface area contributed by atoms with Crippen molar-refractivity contribution in [1.82, 2.24) is 18.8 Å². The molecule has 2 fully saturated rings. The van der Waals surface area contributed by atoms with Crippen LogP contribution >= 0.6 is 11.5 Å². The Balaban J connectivity index is 1.49. The second-order valence-electron chi connectivity index (χ2n) is 7.11. The second kappa shape index (κ2) is 7.36. The molecule has 0 unspecified atom stereocenters. The number of carbonyl (C=O) groups is 1. The van der Waals surface area contributed by atoms with E-state index in [9.17, 15) is 4.79 Å². The zero-order chi connectivity index (χ0) is 18.1. The molecule has 2 aliphatic rings. The first-order chi connectivity index (χ1) is 12.7. The van der Waals surface area contributed by atoms with E-state index in [1.165, 1.54) is 18.0 Å². The van der Waals surface area contributed by atoms with Crippen molar-refractivity contribution in [2.75, 3.05) is 38.3 Å². The lowest BCUT2D eigenvalue weighted by Gasteiger charge is -2.36. The van der Waals surface area contributed by atoms with Gasteiger partial charge in [0, 0.05) is 57.9 Å². The molecule has 0 radical (unpaired) electrons. The van der Waals surface area contributed by atoms with Crippen LogP contribution in [0, 0.1) is 5.92 Å². The lowest BCUT2D eigenvalue weighted by molar-refractivity contribution is 0.0776. The predicted molar refractivity (Wildman–Crippen MR) is 101 cm³/mol. The molecule has 0 aromatic carbocycles. The van der Waals surface area contributed by atoms with Crippen molar-refractivity contribution in [3.63, 3.8) is 0 Å². The zero-order valence-electron chi connectivity index (χ0n) is 15.3. The molecule has 4 rings (SSSR count). The number of methoxy groups -OCH3 is 1. The number of carbonyl (C=O) groups excluding carboxylic acids is 1. The molecule has 0 saturated carbocycles. The van der Waals surface area contributed by atoms with Crippen molar-refractivity contribution >= 4 is 22.6 Å². The lowest BCUT2D eigenvalue weighted by Crippen LogP contribution is -2.45. The number of aryl methyl sites for hydroxylation is 1. The van der Waals surface area contributed by atoms with Crippen LogP contribution in [0.25, 0.3) is 0 Å². The van der Waals surface area contributed by atoms with Gasteiger partial charge in [0.05, 0.1) is 12.6 Å². The molecule has 2 atom stereocenters. The molecule has 0 N–H and O–H groups in total. The van der Waals surface area contributed by atoms with Crippen LogP contribution < -0.4 is 4.90 Å². The highest BCUT2D eigenvalue weighted by atomic mass is 32.1. The number of likely N-dealkylation sites (tertiary alicyclic amines) is 1. The first kappa shape index (κ1) is 17.5. The van der Waals surface area contributed by atoms with Crippen LogP contribution in [0.3, 0.4) is 0 Å². The van der Waals surface area contributed by atoms with E-state index < -0.39 is 0 Å². The smallest absolute Gasteiger partial charge is 0.270 e. The Morgan fingerprint density at radius 1 is 1.42 bits per heavy atom. The minimum Gasteiger partial charge on any atom is -0.384 e. The number of nitrogens with zero attached hydrogens (tertiary/aromatic N) is 5. The van der Waals surface area contributed by atoms with Gasteiger partial charge in [0.25, 0.3) is 5.91 Å². The zero-order valence-corrected chi connectivity index (χ0v) is 16.1. The first-order valence-electron chi connectivity index (χ1n) is 9.16. The van der Waals surface area contributed by atoms with Crippen molar-refractivity contribution < 1.29 is 9.53 Å². The molecule has 26 heavy (non-hydrogen) atoms. The van der Waals surface area contributed by atoms with E-state index >= 15 is 0 Å². The van der Waals surface area contributed by atoms with Crippen molar-refractivity contribution in [1.29, 1.82) is 0 Å². The van der Waals surface area contributed by atoms with Gasteiger partial charge < -0.3 is 19.1 Å². The molecule has 0 bridgehead atoms. The highest BCUT2D eigenvalue weighted by Gasteiger charge is 2.42. The van der Waals surface area contributed by atoms with Crippen molar-refractivity contribution in [2.24, 2.45) is 13.0 Å². The van der Waals surface area contributed by atoms with Crippen LogP contribution in [0.15, 0.2) is 18.3 Å². The van der Waals surface area contributed by atoms with Gasteiger partial charge in [0.2, 0.25) is 5.13 Å². The van der Waals surface area contributed by atoms with Crippen LogP contribution in [0.4, 0.5) is 5.13 Å². The minimum atomic E-state index is 0.130. The normalized spacial score (nSPS) is 22.7. The van der Waals surface area contributed by atoms with Gasteiger partial charge in [0.15, 0.2) is 0 Å². The second-order valence-corrected chi connectivity index (χ2v) is 7.84.